The maximum absolute atomic E-state index is 9.48. The monoisotopic (exact) mass is 254 g/mol. The average molecular weight is 255 g/mol. The van der Waals surface area contributed by atoms with Crippen molar-refractivity contribution in [3.05, 3.63) is 40.4 Å². The first-order valence-electron chi connectivity index (χ1n) is 4.84. The van der Waals surface area contributed by atoms with Gasteiger partial charge in [-0.05, 0) is 24.1 Å². The lowest BCUT2D eigenvalue weighted by molar-refractivity contribution is 0.212. The molecule has 0 heterocycles. The standard InChI is InChI=1S/C12H15BrO/c1-2-4-12(14)8-7-10-5-3-6-11(13)9-10/h3,5-9,12,14H,2,4H2,1H3/b8-7+. The van der Waals surface area contributed by atoms with Gasteiger partial charge < -0.3 is 5.11 Å². The van der Waals surface area contributed by atoms with Gasteiger partial charge in [0, 0.05) is 4.47 Å². The molecule has 14 heavy (non-hydrogen) atoms. The van der Waals surface area contributed by atoms with E-state index in [1.165, 1.54) is 0 Å². The van der Waals surface area contributed by atoms with Crippen molar-refractivity contribution >= 4 is 22.0 Å². The lowest BCUT2D eigenvalue weighted by Gasteiger charge is -2.01. The van der Waals surface area contributed by atoms with Gasteiger partial charge in [-0.1, -0.05) is 53.6 Å². The van der Waals surface area contributed by atoms with Gasteiger partial charge in [0.2, 0.25) is 0 Å². The Bertz CT molecular complexity index is 307. The van der Waals surface area contributed by atoms with Crippen LogP contribution in [0.25, 0.3) is 6.08 Å². The Morgan fingerprint density at radius 3 is 2.93 bits per heavy atom. The summed E-state index contributed by atoms with van der Waals surface area (Å²) in [7, 11) is 0. The fourth-order valence-corrected chi connectivity index (χ4v) is 1.64. The van der Waals surface area contributed by atoms with E-state index >= 15 is 0 Å². The van der Waals surface area contributed by atoms with Crippen molar-refractivity contribution in [3.63, 3.8) is 0 Å². The summed E-state index contributed by atoms with van der Waals surface area (Å²) in [4.78, 5) is 0. The minimum absolute atomic E-state index is 0.320. The Balaban J connectivity index is 2.59. The van der Waals surface area contributed by atoms with E-state index in [2.05, 4.69) is 22.9 Å². The van der Waals surface area contributed by atoms with Gasteiger partial charge in [0.05, 0.1) is 6.10 Å². The Kier molecular flexibility index (Phi) is 4.91. The second-order valence-electron chi connectivity index (χ2n) is 3.27. The molecule has 1 aromatic carbocycles. The largest absolute Gasteiger partial charge is 0.389 e. The minimum atomic E-state index is -0.320. The highest BCUT2D eigenvalue weighted by Gasteiger charge is 1.95. The zero-order valence-electron chi connectivity index (χ0n) is 8.28. The first kappa shape index (κ1) is 11.5. The molecular weight excluding hydrogens is 240 g/mol. The molecule has 0 bridgehead atoms. The molecule has 1 N–H and O–H groups in total. The van der Waals surface area contributed by atoms with Crippen molar-refractivity contribution in [2.75, 3.05) is 0 Å². The lowest BCUT2D eigenvalue weighted by atomic mass is 10.1. The van der Waals surface area contributed by atoms with E-state index in [0.717, 1.165) is 22.9 Å². The average Bonchev–Trinajstić information content (AvgIpc) is 2.15. The van der Waals surface area contributed by atoms with Crippen LogP contribution in [0.15, 0.2) is 34.8 Å². The third-order valence-corrected chi connectivity index (χ3v) is 2.44. The topological polar surface area (TPSA) is 20.2 Å². The van der Waals surface area contributed by atoms with E-state index in [1.54, 1.807) is 0 Å². The van der Waals surface area contributed by atoms with Crippen LogP contribution in [0.5, 0.6) is 0 Å². The maximum Gasteiger partial charge on any atom is 0.0724 e. The third kappa shape index (κ3) is 4.07. The van der Waals surface area contributed by atoms with Crippen LogP contribution in [-0.4, -0.2) is 11.2 Å². The Morgan fingerprint density at radius 2 is 2.29 bits per heavy atom. The predicted molar refractivity (Wildman–Crippen MR) is 64.1 cm³/mol. The first-order chi connectivity index (χ1) is 6.72. The molecule has 0 amide bonds. The van der Waals surface area contributed by atoms with E-state index in [-0.39, 0.29) is 6.10 Å². The van der Waals surface area contributed by atoms with Crippen LogP contribution in [0, 0.1) is 0 Å². The molecule has 0 aromatic heterocycles. The van der Waals surface area contributed by atoms with Crippen LogP contribution in [0.1, 0.15) is 25.3 Å². The van der Waals surface area contributed by atoms with Crippen LogP contribution in [0.4, 0.5) is 0 Å². The molecule has 76 valence electrons. The molecule has 0 aliphatic carbocycles. The smallest absolute Gasteiger partial charge is 0.0724 e. The second kappa shape index (κ2) is 5.99. The first-order valence-corrected chi connectivity index (χ1v) is 5.63. The quantitative estimate of drug-likeness (QED) is 0.871. The zero-order valence-corrected chi connectivity index (χ0v) is 9.87. The number of aliphatic hydroxyl groups is 1. The molecule has 0 radical (unpaired) electrons. The minimum Gasteiger partial charge on any atom is -0.389 e. The number of hydrogen-bond acceptors (Lipinski definition) is 1. The molecule has 0 aliphatic heterocycles. The van der Waals surface area contributed by atoms with Crippen molar-refractivity contribution < 1.29 is 5.11 Å². The number of halogens is 1. The van der Waals surface area contributed by atoms with Crippen LogP contribution in [-0.2, 0) is 0 Å². The molecule has 2 heteroatoms. The summed E-state index contributed by atoms with van der Waals surface area (Å²) in [6.45, 7) is 2.07. The van der Waals surface area contributed by atoms with Crippen molar-refractivity contribution in [1.82, 2.24) is 0 Å². The molecule has 0 aliphatic rings. The summed E-state index contributed by atoms with van der Waals surface area (Å²) in [6.07, 6.45) is 5.30. The molecule has 0 spiro atoms. The fraction of sp³-hybridized carbons (Fsp3) is 0.333. The van der Waals surface area contributed by atoms with Crippen LogP contribution in [0.2, 0.25) is 0 Å². The fourth-order valence-electron chi connectivity index (χ4n) is 1.22. The van der Waals surface area contributed by atoms with Crippen molar-refractivity contribution in [3.8, 4) is 0 Å². The number of aliphatic hydroxyl groups excluding tert-OH is 1. The number of benzene rings is 1. The molecular formula is C12H15BrO. The highest BCUT2D eigenvalue weighted by atomic mass is 79.9. The normalized spacial score (nSPS) is 13.4. The molecule has 1 unspecified atom stereocenters. The summed E-state index contributed by atoms with van der Waals surface area (Å²) in [5.41, 5.74) is 1.11. The molecule has 0 fully saturated rings. The summed E-state index contributed by atoms with van der Waals surface area (Å²) in [5.74, 6) is 0. The highest BCUT2D eigenvalue weighted by molar-refractivity contribution is 9.10. The lowest BCUT2D eigenvalue weighted by Crippen LogP contribution is -1.99. The van der Waals surface area contributed by atoms with Gasteiger partial charge in [-0.3, -0.25) is 0 Å². The van der Waals surface area contributed by atoms with Gasteiger partial charge in [-0.2, -0.15) is 0 Å². The van der Waals surface area contributed by atoms with E-state index in [0.29, 0.717) is 0 Å². The highest BCUT2D eigenvalue weighted by Crippen LogP contribution is 2.13. The van der Waals surface area contributed by atoms with Crippen molar-refractivity contribution in [2.24, 2.45) is 0 Å². The van der Waals surface area contributed by atoms with E-state index in [9.17, 15) is 5.11 Å². The van der Waals surface area contributed by atoms with Gasteiger partial charge in [-0.15, -0.1) is 0 Å². The number of rotatable bonds is 4. The van der Waals surface area contributed by atoms with Gasteiger partial charge >= 0.3 is 0 Å². The molecule has 0 saturated heterocycles. The molecule has 1 nitrogen and oxygen atoms in total. The van der Waals surface area contributed by atoms with E-state index < -0.39 is 0 Å². The Morgan fingerprint density at radius 1 is 1.50 bits per heavy atom. The molecule has 1 atom stereocenters. The van der Waals surface area contributed by atoms with Gasteiger partial charge in [0.1, 0.15) is 0 Å². The van der Waals surface area contributed by atoms with Gasteiger partial charge in [0.25, 0.3) is 0 Å². The second-order valence-corrected chi connectivity index (χ2v) is 4.19. The molecule has 0 saturated carbocycles. The van der Waals surface area contributed by atoms with Crippen LogP contribution in [0.3, 0.4) is 0 Å². The zero-order chi connectivity index (χ0) is 10.4. The van der Waals surface area contributed by atoms with E-state index in [4.69, 9.17) is 0 Å². The maximum atomic E-state index is 9.48. The summed E-state index contributed by atoms with van der Waals surface area (Å²) in [6, 6.07) is 8.00. The number of hydrogen-bond donors (Lipinski definition) is 1. The van der Waals surface area contributed by atoms with Crippen molar-refractivity contribution in [1.29, 1.82) is 0 Å². The van der Waals surface area contributed by atoms with Crippen molar-refractivity contribution in [2.45, 2.75) is 25.9 Å². The summed E-state index contributed by atoms with van der Waals surface area (Å²) in [5, 5.41) is 9.48. The third-order valence-electron chi connectivity index (χ3n) is 1.94. The van der Waals surface area contributed by atoms with Gasteiger partial charge in [-0.25, -0.2) is 0 Å². The SMILES string of the molecule is CCCC(O)/C=C/c1cccc(Br)c1. The van der Waals surface area contributed by atoms with Crippen LogP contribution >= 0.6 is 15.9 Å². The summed E-state index contributed by atoms with van der Waals surface area (Å²) < 4.78 is 1.06. The van der Waals surface area contributed by atoms with E-state index in [1.807, 2.05) is 36.4 Å². The summed E-state index contributed by atoms with van der Waals surface area (Å²) >= 11 is 3.40. The van der Waals surface area contributed by atoms with Gasteiger partial charge in [0.15, 0.2) is 0 Å². The molecule has 1 aromatic rings. The molecule has 1 rings (SSSR count). The Hall–Kier alpha value is -0.600. The van der Waals surface area contributed by atoms with Crippen LogP contribution < -0.4 is 0 Å². The Labute approximate surface area is 93.6 Å². The predicted octanol–water partition coefficient (Wildman–Crippen LogP) is 3.62.